The van der Waals surface area contributed by atoms with Gasteiger partial charge in [-0.15, -0.1) is 0 Å². The van der Waals surface area contributed by atoms with Crippen molar-refractivity contribution in [1.82, 2.24) is 9.78 Å². The first-order valence-corrected chi connectivity index (χ1v) is 14.8. The molecule has 178 valence electrons. The molecule has 0 aliphatic rings. The lowest BCUT2D eigenvalue weighted by atomic mass is 9.94. The Kier molecular flexibility index (Phi) is 8.65. The number of aryl methyl sites for hydroxylation is 1. The molecule has 2 aromatic rings. The SMILES string of the molecule is COC(=O)C(CC(=O)OC(C)(C)C)Cc1cc(C)c2nn(COCC[Si](C)(C)C)cc2c1. The minimum atomic E-state index is -1.12. The van der Waals surface area contributed by atoms with E-state index in [1.807, 2.05) is 50.7 Å². The van der Waals surface area contributed by atoms with E-state index in [0.717, 1.165) is 34.7 Å². The van der Waals surface area contributed by atoms with Crippen molar-refractivity contribution in [2.45, 2.75) is 78.6 Å². The van der Waals surface area contributed by atoms with E-state index in [2.05, 4.69) is 24.7 Å². The van der Waals surface area contributed by atoms with Crippen molar-refractivity contribution < 1.29 is 23.8 Å². The molecule has 0 aliphatic heterocycles. The van der Waals surface area contributed by atoms with Crippen LogP contribution in [-0.4, -0.2) is 49.1 Å². The van der Waals surface area contributed by atoms with E-state index in [0.29, 0.717) is 13.2 Å². The summed E-state index contributed by atoms with van der Waals surface area (Å²) in [5.41, 5.74) is 2.27. The summed E-state index contributed by atoms with van der Waals surface area (Å²) in [4.78, 5) is 24.6. The second-order valence-corrected chi connectivity index (χ2v) is 16.2. The van der Waals surface area contributed by atoms with Crippen LogP contribution >= 0.6 is 0 Å². The maximum atomic E-state index is 12.3. The maximum absolute atomic E-state index is 12.3. The normalized spacial score (nSPS) is 13.2. The van der Waals surface area contributed by atoms with E-state index in [9.17, 15) is 9.59 Å². The molecule has 1 aromatic heterocycles. The highest BCUT2D eigenvalue weighted by Gasteiger charge is 2.27. The summed E-state index contributed by atoms with van der Waals surface area (Å²) in [6.07, 6.45) is 2.33. The molecule has 1 aromatic carbocycles. The average molecular weight is 463 g/mol. The number of hydrogen-bond acceptors (Lipinski definition) is 6. The number of fused-ring (bicyclic) bond motifs is 1. The summed E-state index contributed by atoms with van der Waals surface area (Å²) < 4.78 is 18.0. The van der Waals surface area contributed by atoms with Gasteiger partial charge in [-0.25, -0.2) is 4.68 Å². The van der Waals surface area contributed by atoms with Crippen molar-refractivity contribution in [2.24, 2.45) is 5.92 Å². The average Bonchev–Trinajstić information content (AvgIpc) is 3.05. The Balaban J connectivity index is 2.12. The first-order chi connectivity index (χ1) is 14.8. The standard InChI is InChI=1S/C24H38N2O5Si/c1-17-11-18(12-19(23(28)29-5)14-21(27)31-24(2,3)4)13-20-15-26(25-22(17)20)16-30-9-10-32(6,7)8/h11,13,15,19H,9-10,12,14,16H2,1-8H3. The van der Waals surface area contributed by atoms with Gasteiger partial charge in [-0.05, 0) is 57.4 Å². The number of esters is 2. The van der Waals surface area contributed by atoms with Gasteiger partial charge in [-0.2, -0.15) is 5.10 Å². The van der Waals surface area contributed by atoms with Crippen molar-refractivity contribution >= 4 is 30.9 Å². The van der Waals surface area contributed by atoms with Crippen molar-refractivity contribution in [3.05, 3.63) is 29.5 Å². The molecule has 0 spiro atoms. The Morgan fingerprint density at radius 3 is 2.47 bits per heavy atom. The van der Waals surface area contributed by atoms with Crippen LogP contribution in [0.1, 0.15) is 38.3 Å². The lowest BCUT2D eigenvalue weighted by Crippen LogP contribution is -2.28. The number of ether oxygens (including phenoxy) is 3. The third kappa shape index (κ3) is 8.39. The largest absolute Gasteiger partial charge is 0.469 e. The van der Waals surface area contributed by atoms with Crippen LogP contribution in [0.15, 0.2) is 18.3 Å². The lowest BCUT2D eigenvalue weighted by Gasteiger charge is -2.21. The molecule has 0 amide bonds. The Bertz CT molecular complexity index is 940. The zero-order chi connectivity index (χ0) is 24.1. The van der Waals surface area contributed by atoms with E-state index in [4.69, 9.17) is 14.2 Å². The molecule has 0 fully saturated rings. The fourth-order valence-corrected chi connectivity index (χ4v) is 4.19. The van der Waals surface area contributed by atoms with Gasteiger partial charge >= 0.3 is 11.9 Å². The van der Waals surface area contributed by atoms with Gasteiger partial charge in [0.05, 0.1) is 25.0 Å². The van der Waals surface area contributed by atoms with E-state index in [1.54, 1.807) is 0 Å². The summed E-state index contributed by atoms with van der Waals surface area (Å²) in [5.74, 6) is -1.43. The molecule has 8 heteroatoms. The fourth-order valence-electron chi connectivity index (χ4n) is 3.43. The lowest BCUT2D eigenvalue weighted by molar-refractivity contribution is -0.160. The van der Waals surface area contributed by atoms with Crippen LogP contribution in [0.25, 0.3) is 10.9 Å². The number of hydrogen-bond donors (Lipinski definition) is 0. The molecular formula is C24H38N2O5Si. The van der Waals surface area contributed by atoms with Crippen LogP contribution in [0.2, 0.25) is 25.7 Å². The summed E-state index contributed by atoms with van der Waals surface area (Å²) in [6.45, 7) is 15.6. The molecule has 2 rings (SSSR count). The van der Waals surface area contributed by atoms with E-state index < -0.39 is 31.5 Å². The number of aromatic nitrogens is 2. The zero-order valence-electron chi connectivity index (χ0n) is 20.8. The fraction of sp³-hybridized carbons (Fsp3) is 0.625. The molecule has 0 radical (unpaired) electrons. The van der Waals surface area contributed by atoms with Gasteiger partial charge in [-0.1, -0.05) is 25.7 Å². The zero-order valence-corrected chi connectivity index (χ0v) is 21.8. The van der Waals surface area contributed by atoms with Gasteiger partial charge in [0.2, 0.25) is 0 Å². The van der Waals surface area contributed by atoms with Crippen LogP contribution in [0.4, 0.5) is 0 Å². The van der Waals surface area contributed by atoms with Crippen molar-refractivity contribution in [1.29, 1.82) is 0 Å². The van der Waals surface area contributed by atoms with Gasteiger partial charge in [0.25, 0.3) is 0 Å². The number of benzene rings is 1. The summed E-state index contributed by atoms with van der Waals surface area (Å²) in [6, 6.07) is 5.14. The Labute approximate surface area is 192 Å². The summed E-state index contributed by atoms with van der Waals surface area (Å²) in [5, 5.41) is 5.62. The predicted molar refractivity (Wildman–Crippen MR) is 128 cm³/mol. The predicted octanol–water partition coefficient (Wildman–Crippen LogP) is 4.72. The molecular weight excluding hydrogens is 424 g/mol. The second kappa shape index (κ2) is 10.6. The van der Waals surface area contributed by atoms with E-state index >= 15 is 0 Å². The molecule has 0 aliphatic carbocycles. The van der Waals surface area contributed by atoms with Crippen molar-refractivity contribution in [2.75, 3.05) is 13.7 Å². The van der Waals surface area contributed by atoms with Gasteiger partial charge in [0.15, 0.2) is 0 Å². The first kappa shape index (κ1) is 26.1. The summed E-state index contributed by atoms with van der Waals surface area (Å²) >= 11 is 0. The smallest absolute Gasteiger partial charge is 0.309 e. The molecule has 0 saturated heterocycles. The van der Waals surface area contributed by atoms with Crippen LogP contribution in [0, 0.1) is 12.8 Å². The molecule has 1 atom stereocenters. The molecule has 0 N–H and O–H groups in total. The van der Waals surface area contributed by atoms with Gasteiger partial charge in [0.1, 0.15) is 12.3 Å². The molecule has 32 heavy (non-hydrogen) atoms. The third-order valence-electron chi connectivity index (χ3n) is 4.98. The van der Waals surface area contributed by atoms with Gasteiger partial charge < -0.3 is 14.2 Å². The second-order valence-electron chi connectivity index (χ2n) is 10.6. The number of methoxy groups -OCH3 is 1. The number of carbonyl (C=O) groups excluding carboxylic acids is 2. The molecule has 1 heterocycles. The topological polar surface area (TPSA) is 79.7 Å². The maximum Gasteiger partial charge on any atom is 0.309 e. The Morgan fingerprint density at radius 1 is 1.19 bits per heavy atom. The summed E-state index contributed by atoms with van der Waals surface area (Å²) in [7, 11) is 0.216. The third-order valence-corrected chi connectivity index (χ3v) is 6.68. The molecule has 0 bridgehead atoms. The highest BCUT2D eigenvalue weighted by Crippen LogP contribution is 2.24. The number of nitrogens with zero attached hydrogens (tertiary/aromatic N) is 2. The van der Waals surface area contributed by atoms with Crippen LogP contribution in [0.3, 0.4) is 0 Å². The van der Waals surface area contributed by atoms with Crippen molar-refractivity contribution in [3.8, 4) is 0 Å². The Hall–Kier alpha value is -2.19. The Morgan fingerprint density at radius 2 is 1.88 bits per heavy atom. The minimum absolute atomic E-state index is 0.0226. The first-order valence-electron chi connectivity index (χ1n) is 11.1. The highest BCUT2D eigenvalue weighted by molar-refractivity contribution is 6.76. The van der Waals surface area contributed by atoms with Crippen LogP contribution in [-0.2, 0) is 37.0 Å². The minimum Gasteiger partial charge on any atom is -0.469 e. The molecule has 1 unspecified atom stereocenters. The molecule has 0 saturated carbocycles. The van der Waals surface area contributed by atoms with Crippen LogP contribution in [0.5, 0.6) is 0 Å². The van der Waals surface area contributed by atoms with Gasteiger partial charge in [-0.3, -0.25) is 9.59 Å². The quantitative estimate of drug-likeness (QED) is 0.289. The molecule has 7 nitrogen and oxygen atoms in total. The van der Waals surface area contributed by atoms with Crippen molar-refractivity contribution in [3.63, 3.8) is 0 Å². The van der Waals surface area contributed by atoms with Crippen LogP contribution < -0.4 is 0 Å². The monoisotopic (exact) mass is 462 g/mol. The van der Waals surface area contributed by atoms with E-state index in [1.165, 1.54) is 7.11 Å². The van der Waals surface area contributed by atoms with Gasteiger partial charge in [0, 0.05) is 26.3 Å². The number of carbonyl (C=O) groups is 2. The van der Waals surface area contributed by atoms with E-state index in [-0.39, 0.29) is 6.42 Å². The highest BCUT2D eigenvalue weighted by atomic mass is 28.3. The number of rotatable bonds is 10.